The molecule has 8 heteroatoms. The second-order valence-electron chi connectivity index (χ2n) is 3.85. The Bertz CT molecular complexity index is 805. The van der Waals surface area contributed by atoms with Crippen molar-refractivity contribution in [3.63, 3.8) is 0 Å². The molecule has 0 saturated carbocycles. The van der Waals surface area contributed by atoms with Crippen molar-refractivity contribution in [2.75, 3.05) is 0 Å². The van der Waals surface area contributed by atoms with Crippen LogP contribution in [0.4, 0.5) is 4.39 Å². The Kier molecular flexibility index (Phi) is 3.07. The van der Waals surface area contributed by atoms with Crippen LogP contribution in [0.5, 0.6) is 0 Å². The van der Waals surface area contributed by atoms with Crippen LogP contribution in [0, 0.1) is 5.82 Å². The smallest absolute Gasteiger partial charge is 0.335 e. The van der Waals surface area contributed by atoms with Gasteiger partial charge in [0.2, 0.25) is 0 Å². The fourth-order valence-corrected chi connectivity index (χ4v) is 2.54. The minimum atomic E-state index is -1.11. The normalized spacial score (nSPS) is 10.8. The summed E-state index contributed by atoms with van der Waals surface area (Å²) in [4.78, 5) is 15.2. The van der Waals surface area contributed by atoms with Gasteiger partial charge in [-0.2, -0.15) is 0 Å². The fourth-order valence-electron chi connectivity index (χ4n) is 1.63. The number of carbonyl (C=O) groups is 1. The Morgan fingerprint density at radius 3 is 3.05 bits per heavy atom. The van der Waals surface area contributed by atoms with Crippen LogP contribution >= 0.6 is 11.8 Å². The number of hydrogen-bond acceptors (Lipinski definition) is 5. The number of aromatic nitrogens is 4. The Balaban J connectivity index is 2.04. The van der Waals surface area contributed by atoms with E-state index in [0.29, 0.717) is 10.7 Å². The highest BCUT2D eigenvalue weighted by atomic mass is 32.2. The third-order valence-corrected chi connectivity index (χ3v) is 3.58. The number of halogens is 1. The second-order valence-corrected chi connectivity index (χ2v) is 4.88. The van der Waals surface area contributed by atoms with E-state index in [0.717, 1.165) is 17.8 Å². The van der Waals surface area contributed by atoms with Gasteiger partial charge in [-0.3, -0.25) is 4.40 Å². The molecule has 0 spiro atoms. The Hall–Kier alpha value is -2.48. The fraction of sp³-hybridized carbons (Fsp3) is 0. The molecule has 0 aliphatic heterocycles. The van der Waals surface area contributed by atoms with Gasteiger partial charge >= 0.3 is 5.97 Å². The molecular weight excluding hydrogens is 283 g/mol. The van der Waals surface area contributed by atoms with Crippen LogP contribution in [-0.2, 0) is 0 Å². The molecule has 2 aromatic heterocycles. The standard InChI is InChI=1S/C12H7FN4O2S/c13-8-2-1-7(12(18)19)5-9(8)20-11-10-16-15-6-17(10)4-3-14-11/h1-6H,(H,18,19). The largest absolute Gasteiger partial charge is 0.478 e. The number of nitrogens with zero attached hydrogens (tertiary/aromatic N) is 4. The van der Waals surface area contributed by atoms with Gasteiger partial charge in [0.1, 0.15) is 17.2 Å². The second kappa shape index (κ2) is 4.89. The van der Waals surface area contributed by atoms with Crippen molar-refractivity contribution in [1.82, 2.24) is 19.6 Å². The average Bonchev–Trinajstić information content (AvgIpc) is 2.90. The number of rotatable bonds is 3. The molecular formula is C12H7FN4O2S. The lowest BCUT2D eigenvalue weighted by Crippen LogP contribution is -1.97. The van der Waals surface area contributed by atoms with Gasteiger partial charge in [0, 0.05) is 12.4 Å². The highest BCUT2D eigenvalue weighted by molar-refractivity contribution is 7.99. The summed E-state index contributed by atoms with van der Waals surface area (Å²) < 4.78 is 15.4. The number of hydrogen-bond donors (Lipinski definition) is 1. The zero-order valence-electron chi connectivity index (χ0n) is 9.89. The Morgan fingerprint density at radius 2 is 2.25 bits per heavy atom. The van der Waals surface area contributed by atoms with Gasteiger partial charge in [0.15, 0.2) is 5.65 Å². The molecule has 2 heterocycles. The summed E-state index contributed by atoms with van der Waals surface area (Å²) >= 11 is 1.01. The third kappa shape index (κ3) is 2.21. The molecule has 0 bridgehead atoms. The van der Waals surface area contributed by atoms with Crippen LogP contribution in [0.3, 0.4) is 0 Å². The first-order valence-corrected chi connectivity index (χ1v) is 6.32. The van der Waals surface area contributed by atoms with Crippen LogP contribution in [0.15, 0.2) is 46.8 Å². The highest BCUT2D eigenvalue weighted by Gasteiger charge is 2.13. The van der Waals surface area contributed by atoms with Gasteiger partial charge < -0.3 is 5.11 Å². The van der Waals surface area contributed by atoms with Crippen LogP contribution in [0.1, 0.15) is 10.4 Å². The lowest BCUT2D eigenvalue weighted by atomic mass is 10.2. The van der Waals surface area contributed by atoms with E-state index in [1.165, 1.54) is 24.7 Å². The van der Waals surface area contributed by atoms with Crippen LogP contribution in [-0.4, -0.2) is 30.7 Å². The molecule has 0 fully saturated rings. The van der Waals surface area contributed by atoms with E-state index >= 15 is 0 Å². The molecule has 3 rings (SSSR count). The summed E-state index contributed by atoms with van der Waals surface area (Å²) in [5, 5.41) is 17.0. The topological polar surface area (TPSA) is 80.4 Å². The van der Waals surface area contributed by atoms with Crippen LogP contribution in [0.25, 0.3) is 5.65 Å². The number of carboxylic acids is 1. The molecule has 0 unspecified atom stereocenters. The molecule has 1 aromatic carbocycles. The first kappa shape index (κ1) is 12.5. The van der Waals surface area contributed by atoms with E-state index in [2.05, 4.69) is 15.2 Å². The summed E-state index contributed by atoms with van der Waals surface area (Å²) in [5.74, 6) is -1.62. The molecule has 0 aliphatic rings. The highest BCUT2D eigenvalue weighted by Crippen LogP contribution is 2.31. The Morgan fingerprint density at radius 1 is 1.40 bits per heavy atom. The van der Waals surface area contributed by atoms with Gasteiger partial charge in [0.05, 0.1) is 10.5 Å². The first-order valence-electron chi connectivity index (χ1n) is 5.50. The molecule has 0 radical (unpaired) electrons. The summed E-state index contributed by atoms with van der Waals surface area (Å²) in [7, 11) is 0. The third-order valence-electron chi connectivity index (χ3n) is 2.57. The van der Waals surface area contributed by atoms with E-state index in [1.54, 1.807) is 10.6 Å². The van der Waals surface area contributed by atoms with Crippen LogP contribution in [0.2, 0.25) is 0 Å². The molecule has 0 saturated heterocycles. The quantitative estimate of drug-likeness (QED) is 0.795. The maximum Gasteiger partial charge on any atom is 0.335 e. The molecule has 3 aromatic rings. The minimum absolute atomic E-state index is 0.0160. The molecule has 1 N–H and O–H groups in total. The maximum atomic E-state index is 13.8. The van der Waals surface area contributed by atoms with Crippen molar-refractivity contribution >= 4 is 23.4 Å². The summed E-state index contributed by atoms with van der Waals surface area (Å²) in [6, 6.07) is 3.60. The first-order chi connectivity index (χ1) is 9.65. The van der Waals surface area contributed by atoms with Gasteiger partial charge in [-0.1, -0.05) is 11.8 Å². The van der Waals surface area contributed by atoms with Crippen molar-refractivity contribution < 1.29 is 14.3 Å². The molecule has 6 nitrogen and oxygen atoms in total. The van der Waals surface area contributed by atoms with Crippen LogP contribution < -0.4 is 0 Å². The van der Waals surface area contributed by atoms with Gasteiger partial charge in [-0.15, -0.1) is 10.2 Å². The monoisotopic (exact) mass is 290 g/mol. The Labute approximate surface area is 116 Å². The number of carboxylic acid groups (broad SMARTS) is 1. The predicted octanol–water partition coefficient (Wildman–Crippen LogP) is 2.11. The SMILES string of the molecule is O=C(O)c1ccc(F)c(Sc2nccn3cnnc23)c1. The van der Waals surface area contributed by atoms with Crippen molar-refractivity contribution in [3.8, 4) is 0 Å². The van der Waals surface area contributed by atoms with Crippen molar-refractivity contribution in [1.29, 1.82) is 0 Å². The summed E-state index contributed by atoms with van der Waals surface area (Å²) in [6.45, 7) is 0. The number of benzene rings is 1. The van der Waals surface area contributed by atoms with E-state index < -0.39 is 11.8 Å². The zero-order chi connectivity index (χ0) is 14.1. The summed E-state index contributed by atoms with van der Waals surface area (Å²) in [5.41, 5.74) is 0.500. The van der Waals surface area contributed by atoms with Crippen molar-refractivity contribution in [3.05, 3.63) is 48.3 Å². The van der Waals surface area contributed by atoms with E-state index in [4.69, 9.17) is 5.11 Å². The minimum Gasteiger partial charge on any atom is -0.478 e. The lowest BCUT2D eigenvalue weighted by molar-refractivity contribution is 0.0696. The number of fused-ring (bicyclic) bond motifs is 1. The van der Waals surface area contributed by atoms with Gasteiger partial charge in [0.25, 0.3) is 0 Å². The van der Waals surface area contributed by atoms with E-state index in [9.17, 15) is 9.18 Å². The lowest BCUT2D eigenvalue weighted by Gasteiger charge is -2.04. The van der Waals surface area contributed by atoms with E-state index in [-0.39, 0.29) is 10.5 Å². The van der Waals surface area contributed by atoms with Crippen molar-refractivity contribution in [2.45, 2.75) is 9.92 Å². The molecule has 0 aliphatic carbocycles. The van der Waals surface area contributed by atoms with Crippen molar-refractivity contribution in [2.24, 2.45) is 0 Å². The molecule has 100 valence electrons. The number of aromatic carboxylic acids is 1. The maximum absolute atomic E-state index is 13.8. The van der Waals surface area contributed by atoms with Gasteiger partial charge in [-0.05, 0) is 18.2 Å². The molecule has 0 amide bonds. The molecule has 20 heavy (non-hydrogen) atoms. The predicted molar refractivity (Wildman–Crippen MR) is 68.3 cm³/mol. The average molecular weight is 290 g/mol. The van der Waals surface area contributed by atoms with E-state index in [1.807, 2.05) is 0 Å². The zero-order valence-corrected chi connectivity index (χ0v) is 10.7. The molecule has 0 atom stereocenters. The van der Waals surface area contributed by atoms with Gasteiger partial charge in [-0.25, -0.2) is 14.2 Å². The summed E-state index contributed by atoms with van der Waals surface area (Å²) in [6.07, 6.45) is 4.71.